The number of nitrogens with one attached hydrogen (secondary N) is 1. The molecule has 4 heteroatoms. The minimum absolute atomic E-state index is 0.205. The SMILES string of the molecule is COc1ccc(C(=O)CC[NH+]2CCOCC2)cc1. The molecule has 0 saturated carbocycles. The highest BCUT2D eigenvalue weighted by Gasteiger charge is 2.15. The van der Waals surface area contributed by atoms with Crippen molar-refractivity contribution in [3.8, 4) is 5.75 Å². The normalized spacial score (nSPS) is 16.5. The third-order valence-electron chi connectivity index (χ3n) is 3.32. The Bertz CT molecular complexity index is 383. The highest BCUT2D eigenvalue weighted by atomic mass is 16.5. The molecule has 4 nitrogen and oxygen atoms in total. The lowest BCUT2D eigenvalue weighted by atomic mass is 10.1. The third kappa shape index (κ3) is 3.55. The van der Waals surface area contributed by atoms with Crippen molar-refractivity contribution < 1.29 is 19.2 Å². The molecule has 0 aliphatic carbocycles. The van der Waals surface area contributed by atoms with Gasteiger partial charge in [0, 0.05) is 5.56 Å². The summed E-state index contributed by atoms with van der Waals surface area (Å²) in [5.74, 6) is 0.988. The van der Waals surface area contributed by atoms with Crippen LogP contribution in [-0.2, 0) is 4.74 Å². The minimum atomic E-state index is 0.205. The molecule has 1 aromatic rings. The average molecular weight is 250 g/mol. The third-order valence-corrected chi connectivity index (χ3v) is 3.32. The molecule has 1 fully saturated rings. The van der Waals surface area contributed by atoms with E-state index in [4.69, 9.17) is 9.47 Å². The first-order valence-electron chi connectivity index (χ1n) is 6.38. The van der Waals surface area contributed by atoms with Crippen molar-refractivity contribution in [1.29, 1.82) is 0 Å². The van der Waals surface area contributed by atoms with Crippen molar-refractivity contribution in [2.45, 2.75) is 6.42 Å². The summed E-state index contributed by atoms with van der Waals surface area (Å²) in [4.78, 5) is 13.5. The van der Waals surface area contributed by atoms with Gasteiger partial charge >= 0.3 is 0 Å². The molecule has 1 N–H and O–H groups in total. The molecule has 0 aromatic heterocycles. The Morgan fingerprint density at radius 3 is 2.56 bits per heavy atom. The lowest BCUT2D eigenvalue weighted by Gasteiger charge is -2.23. The number of methoxy groups -OCH3 is 1. The van der Waals surface area contributed by atoms with Crippen LogP contribution in [0.15, 0.2) is 24.3 Å². The van der Waals surface area contributed by atoms with Gasteiger partial charge in [-0.15, -0.1) is 0 Å². The van der Waals surface area contributed by atoms with E-state index in [1.165, 1.54) is 4.90 Å². The molecule has 1 saturated heterocycles. The van der Waals surface area contributed by atoms with E-state index in [1.807, 2.05) is 24.3 Å². The van der Waals surface area contributed by atoms with Crippen molar-refractivity contribution in [3.05, 3.63) is 29.8 Å². The first-order valence-corrected chi connectivity index (χ1v) is 6.38. The van der Waals surface area contributed by atoms with Gasteiger partial charge in [-0.1, -0.05) is 0 Å². The molecule has 0 amide bonds. The minimum Gasteiger partial charge on any atom is -0.497 e. The predicted molar refractivity (Wildman–Crippen MR) is 68.3 cm³/mol. The van der Waals surface area contributed by atoms with Gasteiger partial charge < -0.3 is 14.4 Å². The van der Waals surface area contributed by atoms with Gasteiger partial charge in [-0.2, -0.15) is 0 Å². The van der Waals surface area contributed by atoms with Crippen molar-refractivity contribution in [1.82, 2.24) is 0 Å². The van der Waals surface area contributed by atoms with Crippen LogP contribution in [0.25, 0.3) is 0 Å². The smallest absolute Gasteiger partial charge is 0.168 e. The van der Waals surface area contributed by atoms with Crippen LogP contribution in [0.4, 0.5) is 0 Å². The molecule has 2 rings (SSSR count). The molecule has 98 valence electrons. The van der Waals surface area contributed by atoms with E-state index in [0.29, 0.717) is 6.42 Å². The molecule has 0 atom stereocenters. The summed E-state index contributed by atoms with van der Waals surface area (Å²) < 4.78 is 10.4. The first-order chi connectivity index (χ1) is 8.79. The fourth-order valence-electron chi connectivity index (χ4n) is 2.12. The highest BCUT2D eigenvalue weighted by molar-refractivity contribution is 5.96. The van der Waals surface area contributed by atoms with Crippen LogP contribution < -0.4 is 9.64 Å². The lowest BCUT2D eigenvalue weighted by molar-refractivity contribution is -0.907. The molecule has 0 unspecified atom stereocenters. The number of carbonyl (C=O) groups is 1. The number of benzene rings is 1. The molecule has 1 aromatic carbocycles. The number of ketones is 1. The number of hydrogen-bond acceptors (Lipinski definition) is 3. The zero-order chi connectivity index (χ0) is 12.8. The molecule has 0 radical (unpaired) electrons. The van der Waals surface area contributed by atoms with E-state index < -0.39 is 0 Å². The summed E-state index contributed by atoms with van der Waals surface area (Å²) in [6.45, 7) is 4.54. The summed E-state index contributed by atoms with van der Waals surface area (Å²) in [6, 6.07) is 7.31. The van der Waals surface area contributed by atoms with Crippen LogP contribution in [0.2, 0.25) is 0 Å². The van der Waals surface area contributed by atoms with Crippen LogP contribution in [0, 0.1) is 0 Å². The maximum Gasteiger partial charge on any atom is 0.168 e. The second-order valence-corrected chi connectivity index (χ2v) is 4.51. The zero-order valence-electron chi connectivity index (χ0n) is 10.8. The Hall–Kier alpha value is -1.39. The Labute approximate surface area is 107 Å². The predicted octanol–water partition coefficient (Wildman–Crippen LogP) is 0.183. The van der Waals surface area contributed by atoms with Crippen molar-refractivity contribution in [2.24, 2.45) is 0 Å². The number of rotatable bonds is 5. The van der Waals surface area contributed by atoms with Gasteiger partial charge in [0.05, 0.1) is 33.3 Å². The van der Waals surface area contributed by atoms with Crippen LogP contribution in [-0.4, -0.2) is 45.7 Å². The first kappa shape index (κ1) is 13.1. The molecule has 1 heterocycles. The number of morpholine rings is 1. The standard InChI is InChI=1S/C14H19NO3/c1-17-13-4-2-12(3-5-13)14(16)6-7-15-8-10-18-11-9-15/h2-5H,6-11H2,1H3/p+1. The van der Waals surface area contributed by atoms with Gasteiger partial charge in [-0.3, -0.25) is 4.79 Å². The number of carbonyl (C=O) groups excluding carboxylic acids is 1. The fraction of sp³-hybridized carbons (Fsp3) is 0.500. The number of quaternary nitrogens is 1. The summed E-state index contributed by atoms with van der Waals surface area (Å²) in [6.07, 6.45) is 0.599. The van der Waals surface area contributed by atoms with Gasteiger partial charge in [0.1, 0.15) is 18.8 Å². The van der Waals surface area contributed by atoms with Gasteiger partial charge in [0.2, 0.25) is 0 Å². The second kappa shape index (κ2) is 6.52. The van der Waals surface area contributed by atoms with Crippen molar-refractivity contribution in [2.75, 3.05) is 40.0 Å². The Morgan fingerprint density at radius 2 is 1.94 bits per heavy atom. The zero-order valence-corrected chi connectivity index (χ0v) is 10.8. The number of ether oxygens (including phenoxy) is 2. The van der Waals surface area contributed by atoms with E-state index >= 15 is 0 Å². The summed E-state index contributed by atoms with van der Waals surface area (Å²) in [5, 5.41) is 0. The molecule has 18 heavy (non-hydrogen) atoms. The second-order valence-electron chi connectivity index (χ2n) is 4.51. The summed E-state index contributed by atoms with van der Waals surface area (Å²) in [5.41, 5.74) is 0.767. The number of Topliss-reactive ketones (excluding diaryl/α,β-unsaturated/α-hetero) is 1. The molecular weight excluding hydrogens is 230 g/mol. The lowest BCUT2D eigenvalue weighted by Crippen LogP contribution is -3.14. The van der Waals surface area contributed by atoms with Gasteiger partial charge in [-0.25, -0.2) is 0 Å². The summed E-state index contributed by atoms with van der Waals surface area (Å²) in [7, 11) is 1.62. The van der Waals surface area contributed by atoms with E-state index in [2.05, 4.69) is 0 Å². The largest absolute Gasteiger partial charge is 0.497 e. The van der Waals surface area contributed by atoms with Crippen molar-refractivity contribution >= 4 is 5.78 Å². The van der Waals surface area contributed by atoms with Gasteiger partial charge in [0.25, 0.3) is 0 Å². The van der Waals surface area contributed by atoms with Crippen molar-refractivity contribution in [3.63, 3.8) is 0 Å². The van der Waals surface area contributed by atoms with E-state index in [1.54, 1.807) is 7.11 Å². The maximum atomic E-state index is 12.0. The Morgan fingerprint density at radius 1 is 1.28 bits per heavy atom. The van der Waals surface area contributed by atoms with Crippen LogP contribution in [0.5, 0.6) is 5.75 Å². The van der Waals surface area contributed by atoms with E-state index in [0.717, 1.165) is 44.2 Å². The van der Waals surface area contributed by atoms with E-state index in [-0.39, 0.29) is 5.78 Å². The highest BCUT2D eigenvalue weighted by Crippen LogP contribution is 2.12. The monoisotopic (exact) mass is 250 g/mol. The maximum absolute atomic E-state index is 12.0. The summed E-state index contributed by atoms with van der Waals surface area (Å²) >= 11 is 0. The Balaban J connectivity index is 1.82. The molecule has 1 aliphatic heterocycles. The number of hydrogen-bond donors (Lipinski definition) is 1. The molecule has 0 spiro atoms. The molecule has 0 bridgehead atoms. The topological polar surface area (TPSA) is 40.0 Å². The van der Waals surface area contributed by atoms with Gasteiger partial charge in [0.15, 0.2) is 5.78 Å². The average Bonchev–Trinajstić information content (AvgIpc) is 2.46. The van der Waals surface area contributed by atoms with Crippen LogP contribution >= 0.6 is 0 Å². The fourth-order valence-corrected chi connectivity index (χ4v) is 2.12. The molecular formula is C14H20NO3+. The Kier molecular flexibility index (Phi) is 4.73. The van der Waals surface area contributed by atoms with Crippen LogP contribution in [0.1, 0.15) is 16.8 Å². The van der Waals surface area contributed by atoms with Crippen LogP contribution in [0.3, 0.4) is 0 Å². The van der Waals surface area contributed by atoms with Gasteiger partial charge in [-0.05, 0) is 24.3 Å². The quantitative estimate of drug-likeness (QED) is 0.758. The van der Waals surface area contributed by atoms with E-state index in [9.17, 15) is 4.79 Å². The molecule has 1 aliphatic rings.